The van der Waals surface area contributed by atoms with Crippen molar-refractivity contribution in [2.24, 2.45) is 10.7 Å². The minimum absolute atomic E-state index is 0.0805. The first-order chi connectivity index (χ1) is 14.8. The number of anilines is 1. The lowest BCUT2D eigenvalue weighted by atomic mass is 10.2. The van der Waals surface area contributed by atoms with Crippen LogP contribution in [0, 0.1) is 0 Å². The van der Waals surface area contributed by atoms with E-state index in [1.165, 1.54) is 30.3 Å². The average molecular weight is 445 g/mol. The fraction of sp³-hybridized carbons (Fsp3) is 0.286. The molecule has 0 unspecified atom stereocenters. The first-order valence-corrected chi connectivity index (χ1v) is 11.3. The molecule has 0 spiro atoms. The third-order valence-corrected chi connectivity index (χ3v) is 5.96. The number of amidine groups is 1. The largest absolute Gasteiger partial charge is 0.484 e. The summed E-state index contributed by atoms with van der Waals surface area (Å²) in [6.07, 6.45) is 3.50. The molecule has 1 aliphatic rings. The van der Waals surface area contributed by atoms with Crippen LogP contribution in [0.2, 0.25) is 0 Å². The van der Waals surface area contributed by atoms with E-state index < -0.39 is 21.8 Å². The maximum Gasteiger partial charge on any atom is 0.262 e. The highest BCUT2D eigenvalue weighted by molar-refractivity contribution is 7.90. The lowest BCUT2D eigenvalue weighted by Crippen LogP contribution is -2.30. The summed E-state index contributed by atoms with van der Waals surface area (Å²) < 4.78 is 33.0. The minimum atomic E-state index is -3.73. The monoisotopic (exact) mass is 444 g/mol. The summed E-state index contributed by atoms with van der Waals surface area (Å²) in [6, 6.07) is 12.0. The van der Waals surface area contributed by atoms with E-state index in [4.69, 9.17) is 10.5 Å². The van der Waals surface area contributed by atoms with Crippen molar-refractivity contribution in [1.29, 1.82) is 0 Å². The number of rotatable bonds is 7. The Kier molecular flexibility index (Phi) is 7.24. The molecule has 0 aliphatic carbocycles. The fourth-order valence-corrected chi connectivity index (χ4v) is 4.06. The second-order valence-corrected chi connectivity index (χ2v) is 8.68. The van der Waals surface area contributed by atoms with Gasteiger partial charge in [-0.15, -0.1) is 0 Å². The molecule has 1 aliphatic heterocycles. The van der Waals surface area contributed by atoms with Crippen molar-refractivity contribution in [2.75, 3.05) is 18.5 Å². The number of hydrogen-bond donors (Lipinski definition) is 3. The number of aliphatic imine (C=N–C) groups is 1. The molecule has 1 heterocycles. The van der Waals surface area contributed by atoms with Gasteiger partial charge < -0.3 is 15.8 Å². The normalized spacial score (nSPS) is 14.1. The number of nitrogens with two attached hydrogens (primary N) is 1. The molecule has 9 nitrogen and oxygen atoms in total. The predicted octanol–water partition coefficient (Wildman–Crippen LogP) is 2.05. The van der Waals surface area contributed by atoms with Crippen molar-refractivity contribution >= 4 is 33.4 Å². The van der Waals surface area contributed by atoms with Crippen molar-refractivity contribution < 1.29 is 22.7 Å². The summed E-state index contributed by atoms with van der Waals surface area (Å²) in [5.41, 5.74) is 5.91. The number of amides is 2. The minimum Gasteiger partial charge on any atom is -0.484 e. The molecule has 10 heteroatoms. The van der Waals surface area contributed by atoms with Gasteiger partial charge in [0.05, 0.1) is 4.90 Å². The van der Waals surface area contributed by atoms with Gasteiger partial charge >= 0.3 is 0 Å². The Balaban J connectivity index is 1.56. The standard InChI is InChI=1S/C21H24N4O5S/c22-21(27)15-5-4-6-17(13-15)30-14-20(26)24-16-8-10-18(11-9-16)31(28,29)25-19-7-2-1-3-12-23-19/h4-6,8-11,13H,1-3,7,12,14H2,(H2,22,27)(H,23,25)(H,24,26). The zero-order chi connectivity index (χ0) is 22.3. The van der Waals surface area contributed by atoms with E-state index in [2.05, 4.69) is 15.0 Å². The number of carbonyl (C=O) groups is 2. The summed E-state index contributed by atoms with van der Waals surface area (Å²) in [7, 11) is -3.73. The molecule has 2 aromatic carbocycles. The molecule has 0 radical (unpaired) electrons. The zero-order valence-corrected chi connectivity index (χ0v) is 17.7. The van der Waals surface area contributed by atoms with Crippen LogP contribution in [-0.4, -0.2) is 39.2 Å². The molecule has 31 heavy (non-hydrogen) atoms. The predicted molar refractivity (Wildman–Crippen MR) is 117 cm³/mol. The maximum absolute atomic E-state index is 12.5. The number of primary amides is 1. The third kappa shape index (κ3) is 6.54. The third-order valence-electron chi connectivity index (χ3n) is 4.56. The van der Waals surface area contributed by atoms with Crippen molar-refractivity contribution in [3.8, 4) is 5.75 Å². The second-order valence-electron chi connectivity index (χ2n) is 7.00. The number of nitrogens with one attached hydrogen (secondary N) is 2. The van der Waals surface area contributed by atoms with Crippen molar-refractivity contribution in [2.45, 2.75) is 30.6 Å². The van der Waals surface area contributed by atoms with Crippen molar-refractivity contribution in [1.82, 2.24) is 4.72 Å². The molecule has 0 atom stereocenters. The van der Waals surface area contributed by atoms with E-state index in [-0.39, 0.29) is 17.1 Å². The molecule has 0 aromatic heterocycles. The van der Waals surface area contributed by atoms with E-state index in [0.717, 1.165) is 19.3 Å². The fourth-order valence-electron chi connectivity index (χ4n) is 2.97. The Morgan fingerprint density at radius 3 is 2.58 bits per heavy atom. The maximum atomic E-state index is 12.5. The Bertz CT molecular complexity index is 1080. The summed E-state index contributed by atoms with van der Waals surface area (Å²) >= 11 is 0. The van der Waals surface area contributed by atoms with Gasteiger partial charge in [0, 0.05) is 24.2 Å². The van der Waals surface area contributed by atoms with Crippen LogP contribution in [0.3, 0.4) is 0 Å². The van der Waals surface area contributed by atoms with Crippen molar-refractivity contribution in [3.05, 3.63) is 54.1 Å². The Labute approximate surface area is 180 Å². The lowest BCUT2D eigenvalue weighted by Gasteiger charge is -2.11. The summed E-state index contributed by atoms with van der Waals surface area (Å²) in [4.78, 5) is 27.7. The molecular weight excluding hydrogens is 420 g/mol. The Morgan fingerprint density at radius 1 is 1.06 bits per heavy atom. The SMILES string of the molecule is NC(=O)c1cccc(OCC(=O)Nc2ccc(S(=O)(=O)NC3=NCCCCC3)cc2)c1. The number of sulfonamides is 1. The highest BCUT2D eigenvalue weighted by atomic mass is 32.2. The van der Waals surface area contributed by atoms with Crippen LogP contribution < -0.4 is 20.5 Å². The highest BCUT2D eigenvalue weighted by Gasteiger charge is 2.17. The number of carbonyl (C=O) groups excluding carboxylic acids is 2. The average Bonchev–Trinajstić information content (AvgIpc) is 3.01. The van der Waals surface area contributed by atoms with Gasteiger partial charge in [0.15, 0.2) is 6.61 Å². The molecule has 2 amide bonds. The van der Waals surface area contributed by atoms with Crippen LogP contribution in [0.25, 0.3) is 0 Å². The first kappa shape index (κ1) is 22.3. The smallest absolute Gasteiger partial charge is 0.262 e. The molecular formula is C21H24N4O5S. The van der Waals surface area contributed by atoms with Gasteiger partial charge in [-0.1, -0.05) is 12.5 Å². The molecule has 0 bridgehead atoms. The first-order valence-electron chi connectivity index (χ1n) is 9.82. The van der Waals surface area contributed by atoms with Crippen LogP contribution in [0.1, 0.15) is 36.0 Å². The summed E-state index contributed by atoms with van der Waals surface area (Å²) in [5, 5.41) is 2.62. The van der Waals surface area contributed by atoms with Gasteiger partial charge in [0.1, 0.15) is 11.6 Å². The number of ether oxygens (including phenoxy) is 1. The van der Waals surface area contributed by atoms with E-state index in [1.54, 1.807) is 18.2 Å². The van der Waals surface area contributed by atoms with Gasteiger partial charge in [-0.25, -0.2) is 8.42 Å². The second kappa shape index (κ2) is 10.1. The Morgan fingerprint density at radius 2 is 1.84 bits per heavy atom. The quantitative estimate of drug-likeness (QED) is 0.600. The zero-order valence-electron chi connectivity index (χ0n) is 16.8. The van der Waals surface area contributed by atoms with E-state index >= 15 is 0 Å². The van der Waals surface area contributed by atoms with E-state index in [9.17, 15) is 18.0 Å². The van der Waals surface area contributed by atoms with Gasteiger partial charge in [-0.05, 0) is 55.3 Å². The van der Waals surface area contributed by atoms with Crippen molar-refractivity contribution in [3.63, 3.8) is 0 Å². The van der Waals surface area contributed by atoms with Gasteiger partial charge in [-0.3, -0.25) is 19.3 Å². The molecule has 3 rings (SSSR count). The topological polar surface area (TPSA) is 140 Å². The molecule has 4 N–H and O–H groups in total. The molecule has 0 saturated heterocycles. The molecule has 0 saturated carbocycles. The summed E-state index contributed by atoms with van der Waals surface area (Å²) in [6.45, 7) is 0.335. The number of nitrogens with zero attached hydrogens (tertiary/aromatic N) is 1. The van der Waals surface area contributed by atoms with Gasteiger partial charge in [0.2, 0.25) is 5.91 Å². The van der Waals surface area contributed by atoms with Crippen LogP contribution in [0.15, 0.2) is 58.4 Å². The molecule has 2 aromatic rings. The lowest BCUT2D eigenvalue weighted by molar-refractivity contribution is -0.118. The highest BCUT2D eigenvalue weighted by Crippen LogP contribution is 2.16. The molecule has 164 valence electrons. The molecule has 0 fully saturated rings. The van der Waals surface area contributed by atoms with Gasteiger partial charge in [-0.2, -0.15) is 0 Å². The van der Waals surface area contributed by atoms with Crippen LogP contribution in [0.5, 0.6) is 5.75 Å². The van der Waals surface area contributed by atoms with E-state index in [0.29, 0.717) is 30.2 Å². The number of benzene rings is 2. The summed E-state index contributed by atoms with van der Waals surface area (Å²) in [5.74, 6) is -0.218. The Hall–Kier alpha value is -3.40. The van der Waals surface area contributed by atoms with E-state index in [1.807, 2.05) is 0 Å². The van der Waals surface area contributed by atoms with Crippen LogP contribution >= 0.6 is 0 Å². The van der Waals surface area contributed by atoms with Crippen LogP contribution in [-0.2, 0) is 14.8 Å². The number of hydrogen-bond acceptors (Lipinski definition) is 6. The van der Waals surface area contributed by atoms with Crippen LogP contribution in [0.4, 0.5) is 5.69 Å². The van der Waals surface area contributed by atoms with Gasteiger partial charge in [0.25, 0.3) is 15.9 Å².